The standard InChI is InChI=1S/C11H17ClN2S2/c1-14-4-5-15-7-10(14)9(13)6-8-2-3-11(12)16-8/h2-3,9-10H,4-7,13H2,1H3. The maximum Gasteiger partial charge on any atom is 0.0931 e. The number of thioether (sulfide) groups is 1. The van der Waals surface area contributed by atoms with Crippen LogP contribution in [-0.4, -0.2) is 42.1 Å². The number of halogens is 1. The van der Waals surface area contributed by atoms with Gasteiger partial charge in [0.1, 0.15) is 0 Å². The minimum absolute atomic E-state index is 0.215. The number of nitrogens with two attached hydrogens (primary N) is 1. The number of rotatable bonds is 3. The third-order valence-electron chi connectivity index (χ3n) is 3.00. The van der Waals surface area contributed by atoms with Gasteiger partial charge in [-0.25, -0.2) is 0 Å². The molecule has 16 heavy (non-hydrogen) atoms. The molecule has 2 nitrogen and oxygen atoms in total. The Kier molecular flexibility index (Phi) is 4.56. The molecule has 2 N–H and O–H groups in total. The van der Waals surface area contributed by atoms with Crippen molar-refractivity contribution in [3.8, 4) is 0 Å². The Balaban J connectivity index is 1.93. The lowest BCUT2D eigenvalue weighted by Gasteiger charge is -2.35. The van der Waals surface area contributed by atoms with Crippen molar-refractivity contribution >= 4 is 34.7 Å². The summed E-state index contributed by atoms with van der Waals surface area (Å²) in [7, 11) is 2.17. The third kappa shape index (κ3) is 3.14. The molecule has 2 heterocycles. The third-order valence-corrected chi connectivity index (χ3v) is 5.31. The molecule has 0 aromatic carbocycles. The van der Waals surface area contributed by atoms with Gasteiger partial charge in [-0.05, 0) is 25.6 Å². The fraction of sp³-hybridized carbons (Fsp3) is 0.636. The van der Waals surface area contributed by atoms with Gasteiger partial charge in [0, 0.05) is 35.0 Å². The quantitative estimate of drug-likeness (QED) is 0.919. The second-order valence-corrected chi connectivity index (χ2v) is 7.15. The van der Waals surface area contributed by atoms with Crippen LogP contribution in [0.3, 0.4) is 0 Å². The van der Waals surface area contributed by atoms with E-state index >= 15 is 0 Å². The summed E-state index contributed by atoms with van der Waals surface area (Å²) in [5.74, 6) is 2.38. The molecule has 1 aliphatic heterocycles. The summed E-state index contributed by atoms with van der Waals surface area (Å²) in [5, 5.41) is 0. The van der Waals surface area contributed by atoms with Gasteiger partial charge in [-0.3, -0.25) is 0 Å². The normalized spacial score (nSPS) is 24.6. The lowest BCUT2D eigenvalue weighted by Crippen LogP contribution is -2.51. The first kappa shape index (κ1) is 12.7. The van der Waals surface area contributed by atoms with Crippen LogP contribution in [0, 0.1) is 0 Å². The highest BCUT2D eigenvalue weighted by molar-refractivity contribution is 7.99. The van der Waals surface area contributed by atoms with Gasteiger partial charge < -0.3 is 10.6 Å². The predicted octanol–water partition coefficient (Wildman–Crippen LogP) is 2.32. The van der Waals surface area contributed by atoms with Crippen LogP contribution in [0.5, 0.6) is 0 Å². The van der Waals surface area contributed by atoms with Crippen molar-refractivity contribution in [3.63, 3.8) is 0 Å². The molecule has 0 saturated carbocycles. The van der Waals surface area contributed by atoms with E-state index in [1.54, 1.807) is 11.3 Å². The summed E-state index contributed by atoms with van der Waals surface area (Å²) in [6.07, 6.45) is 0.937. The molecule has 0 aliphatic carbocycles. The predicted molar refractivity (Wildman–Crippen MR) is 74.8 cm³/mol. The zero-order valence-corrected chi connectivity index (χ0v) is 11.7. The molecule has 0 bridgehead atoms. The topological polar surface area (TPSA) is 29.3 Å². The minimum atomic E-state index is 0.215. The second kappa shape index (κ2) is 5.74. The Morgan fingerprint density at radius 1 is 1.62 bits per heavy atom. The Morgan fingerprint density at radius 3 is 3.06 bits per heavy atom. The van der Waals surface area contributed by atoms with Crippen LogP contribution in [-0.2, 0) is 6.42 Å². The molecule has 1 fully saturated rings. The van der Waals surface area contributed by atoms with Crippen LogP contribution in [0.4, 0.5) is 0 Å². The van der Waals surface area contributed by atoms with Crippen LogP contribution in [0.25, 0.3) is 0 Å². The average Bonchev–Trinajstić information content (AvgIpc) is 2.64. The van der Waals surface area contributed by atoms with Crippen molar-refractivity contribution in [2.75, 3.05) is 25.1 Å². The van der Waals surface area contributed by atoms with E-state index in [-0.39, 0.29) is 6.04 Å². The summed E-state index contributed by atoms with van der Waals surface area (Å²) < 4.78 is 0.855. The number of nitrogens with zero attached hydrogens (tertiary/aromatic N) is 1. The first-order valence-electron chi connectivity index (χ1n) is 5.44. The molecule has 0 amide bonds. The van der Waals surface area contributed by atoms with Gasteiger partial charge in [-0.1, -0.05) is 11.6 Å². The molecule has 0 spiro atoms. The van der Waals surface area contributed by atoms with Crippen LogP contribution in [0.2, 0.25) is 4.34 Å². The molecule has 1 aromatic heterocycles. The largest absolute Gasteiger partial charge is 0.326 e. The van der Waals surface area contributed by atoms with Crippen molar-refractivity contribution in [2.24, 2.45) is 5.73 Å². The summed E-state index contributed by atoms with van der Waals surface area (Å²) in [5.41, 5.74) is 6.29. The molecule has 90 valence electrons. The van der Waals surface area contributed by atoms with Gasteiger partial charge in [0.15, 0.2) is 0 Å². The van der Waals surface area contributed by atoms with Gasteiger partial charge in [0.25, 0.3) is 0 Å². The molecule has 0 radical (unpaired) electrons. The van der Waals surface area contributed by atoms with Gasteiger partial charge in [-0.2, -0.15) is 11.8 Å². The Bertz CT molecular complexity index is 342. The first-order valence-corrected chi connectivity index (χ1v) is 7.79. The Labute approximate surface area is 110 Å². The average molecular weight is 277 g/mol. The lowest BCUT2D eigenvalue weighted by atomic mass is 10.1. The Hall–Kier alpha value is 0.260. The summed E-state index contributed by atoms with van der Waals surface area (Å²) in [4.78, 5) is 3.68. The van der Waals surface area contributed by atoms with E-state index in [9.17, 15) is 0 Å². The van der Waals surface area contributed by atoms with E-state index in [1.165, 1.54) is 10.6 Å². The minimum Gasteiger partial charge on any atom is -0.326 e. The Morgan fingerprint density at radius 2 is 2.44 bits per heavy atom. The highest BCUT2D eigenvalue weighted by Crippen LogP contribution is 2.24. The fourth-order valence-electron chi connectivity index (χ4n) is 1.99. The van der Waals surface area contributed by atoms with Crippen molar-refractivity contribution < 1.29 is 0 Å². The van der Waals surface area contributed by atoms with Crippen LogP contribution >= 0.6 is 34.7 Å². The molecule has 1 aromatic rings. The number of thiophene rings is 1. The second-order valence-electron chi connectivity index (χ2n) is 4.20. The first-order chi connectivity index (χ1) is 7.66. The number of likely N-dealkylation sites (N-methyl/N-ethyl adjacent to an activating group) is 1. The van der Waals surface area contributed by atoms with Gasteiger partial charge in [-0.15, -0.1) is 11.3 Å². The highest BCUT2D eigenvalue weighted by atomic mass is 35.5. The monoisotopic (exact) mass is 276 g/mol. The van der Waals surface area contributed by atoms with Crippen molar-refractivity contribution in [1.29, 1.82) is 0 Å². The van der Waals surface area contributed by atoms with E-state index in [0.717, 1.165) is 23.1 Å². The highest BCUT2D eigenvalue weighted by Gasteiger charge is 2.25. The molecule has 1 saturated heterocycles. The fourth-order valence-corrected chi connectivity index (χ4v) is 4.47. The molecule has 2 atom stereocenters. The van der Waals surface area contributed by atoms with Gasteiger partial charge >= 0.3 is 0 Å². The lowest BCUT2D eigenvalue weighted by molar-refractivity contribution is 0.236. The zero-order valence-electron chi connectivity index (χ0n) is 9.36. The summed E-state index contributed by atoms with van der Waals surface area (Å²) in [6, 6.07) is 4.75. The molecule has 1 aliphatic rings. The molecular formula is C11H17ClN2S2. The number of hydrogen-bond acceptors (Lipinski definition) is 4. The van der Waals surface area contributed by atoms with Crippen LogP contribution in [0.15, 0.2) is 12.1 Å². The SMILES string of the molecule is CN1CCSCC1C(N)Cc1ccc(Cl)s1. The van der Waals surface area contributed by atoms with E-state index in [4.69, 9.17) is 17.3 Å². The summed E-state index contributed by atoms with van der Waals surface area (Å²) in [6.45, 7) is 1.15. The summed E-state index contributed by atoms with van der Waals surface area (Å²) >= 11 is 9.57. The van der Waals surface area contributed by atoms with E-state index in [1.807, 2.05) is 17.8 Å². The number of hydrogen-bond donors (Lipinski definition) is 1. The molecule has 2 unspecified atom stereocenters. The smallest absolute Gasteiger partial charge is 0.0931 e. The molecule has 2 rings (SSSR count). The zero-order chi connectivity index (χ0) is 11.5. The van der Waals surface area contributed by atoms with Crippen molar-refractivity contribution in [2.45, 2.75) is 18.5 Å². The van der Waals surface area contributed by atoms with Crippen LogP contribution in [0.1, 0.15) is 4.88 Å². The molecule has 5 heteroatoms. The molecular weight excluding hydrogens is 260 g/mol. The van der Waals surface area contributed by atoms with E-state index < -0.39 is 0 Å². The van der Waals surface area contributed by atoms with Gasteiger partial charge in [0.2, 0.25) is 0 Å². The van der Waals surface area contributed by atoms with E-state index in [2.05, 4.69) is 18.0 Å². The maximum absolute atomic E-state index is 6.29. The van der Waals surface area contributed by atoms with Crippen LogP contribution < -0.4 is 5.73 Å². The van der Waals surface area contributed by atoms with E-state index in [0.29, 0.717) is 6.04 Å². The maximum atomic E-state index is 6.29. The van der Waals surface area contributed by atoms with Crippen molar-refractivity contribution in [3.05, 3.63) is 21.3 Å². The van der Waals surface area contributed by atoms with Crippen molar-refractivity contribution in [1.82, 2.24) is 4.90 Å². The van der Waals surface area contributed by atoms with Gasteiger partial charge in [0.05, 0.1) is 4.34 Å².